The maximum atomic E-state index is 13.9. The normalized spacial score (nSPS) is 17.9. The monoisotopic (exact) mass is 531 g/mol. The van der Waals surface area contributed by atoms with E-state index in [1.165, 1.54) is 18.1 Å². The molecule has 9 nitrogen and oxygen atoms in total. The van der Waals surface area contributed by atoms with Gasteiger partial charge in [-0.15, -0.1) is 0 Å². The van der Waals surface area contributed by atoms with Crippen LogP contribution in [0.5, 0.6) is 0 Å². The van der Waals surface area contributed by atoms with Crippen molar-refractivity contribution < 1.29 is 23.1 Å². The second-order valence-corrected chi connectivity index (χ2v) is 10.1. The Morgan fingerprint density at radius 2 is 1.92 bits per heavy atom. The third kappa shape index (κ3) is 5.70. The van der Waals surface area contributed by atoms with Crippen molar-refractivity contribution in [3.63, 3.8) is 0 Å². The van der Waals surface area contributed by atoms with E-state index >= 15 is 0 Å². The lowest BCUT2D eigenvalue weighted by molar-refractivity contribution is -0.136. The first-order valence-corrected chi connectivity index (χ1v) is 12.9. The van der Waals surface area contributed by atoms with Crippen LogP contribution in [0.15, 0.2) is 30.5 Å². The summed E-state index contributed by atoms with van der Waals surface area (Å²) in [7, 11) is 0. The Balaban J connectivity index is 1.28. The molecule has 2 aliphatic rings. The van der Waals surface area contributed by atoms with Gasteiger partial charge in [0.05, 0.1) is 17.1 Å². The lowest BCUT2D eigenvalue weighted by Gasteiger charge is -2.32. The number of amides is 1. The van der Waals surface area contributed by atoms with Crippen LogP contribution in [0.4, 0.5) is 24.8 Å². The lowest BCUT2D eigenvalue weighted by atomic mass is 10.00. The number of pyridine rings is 1. The number of nitrogens with one attached hydrogen (secondary N) is 3. The number of rotatable bonds is 7. The van der Waals surface area contributed by atoms with E-state index in [1.54, 1.807) is 4.90 Å². The van der Waals surface area contributed by atoms with Crippen molar-refractivity contribution in [2.75, 3.05) is 43.4 Å². The van der Waals surface area contributed by atoms with Gasteiger partial charge < -0.3 is 20.6 Å². The average molecular weight is 532 g/mol. The second-order valence-electron chi connectivity index (χ2n) is 10.1. The number of hydrogen-bond acceptors (Lipinski definition) is 7. The van der Waals surface area contributed by atoms with E-state index in [2.05, 4.69) is 42.8 Å². The Bertz CT molecular complexity index is 1290. The molecule has 2 aromatic heterocycles. The van der Waals surface area contributed by atoms with Crippen LogP contribution in [0.1, 0.15) is 36.5 Å². The van der Waals surface area contributed by atoms with Crippen molar-refractivity contribution in [1.82, 2.24) is 25.0 Å². The molecule has 1 aromatic carbocycles. The first kappa shape index (κ1) is 26.2. The first-order chi connectivity index (χ1) is 18.2. The van der Waals surface area contributed by atoms with Gasteiger partial charge in [-0.1, -0.05) is 24.3 Å². The number of carbonyl (C=O) groups is 1. The van der Waals surface area contributed by atoms with Gasteiger partial charge in [0.15, 0.2) is 11.6 Å². The molecule has 1 atom stereocenters. The molecule has 0 radical (unpaired) electrons. The van der Waals surface area contributed by atoms with Crippen molar-refractivity contribution >= 4 is 28.4 Å². The summed E-state index contributed by atoms with van der Waals surface area (Å²) >= 11 is 0. The number of aromatic nitrogens is 3. The Morgan fingerprint density at radius 3 is 2.63 bits per heavy atom. The maximum absolute atomic E-state index is 13.9. The number of benzene rings is 1. The van der Waals surface area contributed by atoms with Gasteiger partial charge in [0.25, 0.3) is 0 Å². The summed E-state index contributed by atoms with van der Waals surface area (Å²) in [5, 5.41) is 23.5. The standard InChI is InChI=1S/C26H32F3N7O2/c1-16(37)36-10-7-19(8-11-36)32-25-23-22(21(13-31-25)26(27,28)29)24(34-33-23)30-12-20(38)15-35-9-6-17-4-2-3-5-18(17)14-35/h2-5,13,19-20,38H,6-12,14-15H2,1H3,(H,31,32)(H2,30,33,34). The number of alkyl halides is 3. The summed E-state index contributed by atoms with van der Waals surface area (Å²) < 4.78 is 41.7. The van der Waals surface area contributed by atoms with Gasteiger partial charge >= 0.3 is 6.18 Å². The number of piperidine rings is 1. The summed E-state index contributed by atoms with van der Waals surface area (Å²) in [6, 6.07) is 8.17. The zero-order chi connectivity index (χ0) is 26.9. The van der Waals surface area contributed by atoms with Crippen molar-refractivity contribution in [2.45, 2.75) is 51.1 Å². The maximum Gasteiger partial charge on any atom is 0.418 e. The Kier molecular flexibility index (Phi) is 7.44. The lowest BCUT2D eigenvalue weighted by Crippen LogP contribution is -2.41. The molecule has 0 spiro atoms. The van der Waals surface area contributed by atoms with Crippen LogP contribution in [0.2, 0.25) is 0 Å². The minimum absolute atomic E-state index is 0.00932. The van der Waals surface area contributed by atoms with E-state index in [0.29, 0.717) is 32.5 Å². The molecule has 0 bridgehead atoms. The van der Waals surface area contributed by atoms with Crippen LogP contribution in [0.25, 0.3) is 10.9 Å². The molecule has 0 saturated carbocycles. The molecule has 204 valence electrons. The third-order valence-electron chi connectivity index (χ3n) is 7.37. The molecule has 1 saturated heterocycles. The van der Waals surface area contributed by atoms with E-state index in [4.69, 9.17) is 0 Å². The molecule has 3 aromatic rings. The molecule has 4 heterocycles. The van der Waals surface area contributed by atoms with Gasteiger partial charge in [-0.05, 0) is 30.4 Å². The molecule has 38 heavy (non-hydrogen) atoms. The Morgan fingerprint density at radius 1 is 1.18 bits per heavy atom. The number of anilines is 2. The van der Waals surface area contributed by atoms with Gasteiger partial charge in [-0.2, -0.15) is 18.3 Å². The van der Waals surface area contributed by atoms with Gasteiger partial charge in [0, 0.05) is 58.4 Å². The summed E-state index contributed by atoms with van der Waals surface area (Å²) in [4.78, 5) is 19.5. The zero-order valence-corrected chi connectivity index (χ0v) is 21.2. The van der Waals surface area contributed by atoms with Crippen LogP contribution < -0.4 is 10.6 Å². The number of nitrogens with zero attached hydrogens (tertiary/aromatic N) is 4. The van der Waals surface area contributed by atoms with Crippen LogP contribution in [0.3, 0.4) is 0 Å². The number of H-pyrrole nitrogens is 1. The highest BCUT2D eigenvalue weighted by atomic mass is 19.4. The fraction of sp³-hybridized carbons (Fsp3) is 0.500. The van der Waals surface area contributed by atoms with E-state index in [0.717, 1.165) is 25.7 Å². The average Bonchev–Trinajstić information content (AvgIpc) is 3.31. The van der Waals surface area contributed by atoms with Gasteiger partial charge in [-0.25, -0.2) is 4.98 Å². The van der Waals surface area contributed by atoms with Gasteiger partial charge in [0.1, 0.15) is 5.52 Å². The van der Waals surface area contributed by atoms with Crippen molar-refractivity contribution in [3.05, 3.63) is 47.2 Å². The number of hydrogen-bond donors (Lipinski definition) is 4. The van der Waals surface area contributed by atoms with E-state index < -0.39 is 17.8 Å². The predicted octanol–water partition coefficient (Wildman–Crippen LogP) is 3.23. The van der Waals surface area contributed by atoms with Crippen molar-refractivity contribution in [3.8, 4) is 0 Å². The number of aliphatic hydroxyl groups is 1. The number of β-amino-alcohol motifs (C(OH)–C–C–N with tert-alkyl or cyclic N) is 1. The Labute approximate surface area is 218 Å². The van der Waals surface area contributed by atoms with Crippen LogP contribution >= 0.6 is 0 Å². The first-order valence-electron chi connectivity index (χ1n) is 12.9. The molecule has 4 N–H and O–H groups in total. The number of halogens is 3. The number of carbonyl (C=O) groups excluding carboxylic acids is 1. The fourth-order valence-electron chi connectivity index (χ4n) is 5.31. The summed E-state index contributed by atoms with van der Waals surface area (Å²) in [5.74, 6) is 0.310. The van der Waals surface area contributed by atoms with Gasteiger partial charge in [-0.3, -0.25) is 14.8 Å². The molecule has 0 aliphatic carbocycles. The summed E-state index contributed by atoms with van der Waals surface area (Å²) in [5.41, 5.74) is 1.79. The highest BCUT2D eigenvalue weighted by Crippen LogP contribution is 2.39. The Hall–Kier alpha value is -3.38. The molecule has 1 unspecified atom stereocenters. The predicted molar refractivity (Wildman–Crippen MR) is 138 cm³/mol. The van der Waals surface area contributed by atoms with Crippen molar-refractivity contribution in [2.24, 2.45) is 0 Å². The summed E-state index contributed by atoms with van der Waals surface area (Å²) in [6.45, 7) is 4.65. The van der Waals surface area contributed by atoms with Crippen LogP contribution in [-0.2, 0) is 23.9 Å². The third-order valence-corrected chi connectivity index (χ3v) is 7.37. The second kappa shape index (κ2) is 10.8. The molecule has 5 rings (SSSR count). The van der Waals surface area contributed by atoms with Crippen LogP contribution in [0, 0.1) is 0 Å². The molecule has 1 fully saturated rings. The quantitative estimate of drug-likeness (QED) is 0.371. The molecular formula is C26H32F3N7O2. The number of fused-ring (bicyclic) bond motifs is 2. The smallest absolute Gasteiger partial charge is 0.390 e. The van der Waals surface area contributed by atoms with E-state index in [9.17, 15) is 23.1 Å². The minimum Gasteiger partial charge on any atom is -0.390 e. The highest BCUT2D eigenvalue weighted by molar-refractivity contribution is 5.99. The molecule has 1 amide bonds. The zero-order valence-electron chi connectivity index (χ0n) is 21.2. The highest BCUT2D eigenvalue weighted by Gasteiger charge is 2.36. The van der Waals surface area contributed by atoms with E-state index in [1.807, 2.05) is 12.1 Å². The van der Waals surface area contributed by atoms with E-state index in [-0.39, 0.29) is 41.0 Å². The van der Waals surface area contributed by atoms with Crippen LogP contribution in [-0.4, -0.2) is 80.9 Å². The van der Waals surface area contributed by atoms with Gasteiger partial charge in [0.2, 0.25) is 5.91 Å². The number of aromatic amines is 1. The number of likely N-dealkylation sites (tertiary alicyclic amines) is 1. The topological polar surface area (TPSA) is 109 Å². The molecular weight excluding hydrogens is 499 g/mol. The molecule has 2 aliphatic heterocycles. The number of aliphatic hydroxyl groups excluding tert-OH is 1. The molecule has 12 heteroatoms. The largest absolute Gasteiger partial charge is 0.418 e. The summed E-state index contributed by atoms with van der Waals surface area (Å²) in [6.07, 6.45) is -2.39. The SMILES string of the molecule is CC(=O)N1CCC(Nc2ncc(C(F)(F)F)c3c(NCC(O)CN4CCc5ccccc5C4)n[nH]c23)CC1. The minimum atomic E-state index is -4.63. The van der Waals surface area contributed by atoms with Crippen molar-refractivity contribution in [1.29, 1.82) is 0 Å². The fourth-order valence-corrected chi connectivity index (χ4v) is 5.31.